The molecule has 0 radical (unpaired) electrons. The Morgan fingerprint density at radius 3 is 2.53 bits per heavy atom. The number of aryl methyl sites for hydroxylation is 2. The van der Waals surface area contributed by atoms with Crippen molar-refractivity contribution in [2.75, 3.05) is 0 Å². The van der Waals surface area contributed by atoms with E-state index < -0.39 is 0 Å². The number of nitrogens with zero attached hydrogens (tertiary/aromatic N) is 2. The SMILES string of the molecule is CCC(C)(C)C(N)Cc1cc(C)nn1C. The summed E-state index contributed by atoms with van der Waals surface area (Å²) in [6, 6.07) is 2.31. The first-order valence-corrected chi connectivity index (χ1v) is 5.62. The first-order valence-electron chi connectivity index (χ1n) is 5.62. The van der Waals surface area contributed by atoms with Crippen LogP contribution in [0.25, 0.3) is 0 Å². The first kappa shape index (κ1) is 12.2. The largest absolute Gasteiger partial charge is 0.327 e. The Morgan fingerprint density at radius 1 is 1.53 bits per heavy atom. The molecule has 0 saturated heterocycles. The molecule has 0 aromatic carbocycles. The van der Waals surface area contributed by atoms with E-state index in [1.165, 1.54) is 5.69 Å². The summed E-state index contributed by atoms with van der Waals surface area (Å²) in [6.07, 6.45) is 2.00. The van der Waals surface area contributed by atoms with E-state index in [0.717, 1.165) is 18.5 Å². The van der Waals surface area contributed by atoms with Gasteiger partial charge in [0.1, 0.15) is 0 Å². The summed E-state index contributed by atoms with van der Waals surface area (Å²) in [5.74, 6) is 0. The van der Waals surface area contributed by atoms with Gasteiger partial charge in [0.2, 0.25) is 0 Å². The zero-order chi connectivity index (χ0) is 11.6. The topological polar surface area (TPSA) is 43.8 Å². The summed E-state index contributed by atoms with van der Waals surface area (Å²) in [5, 5.41) is 4.33. The van der Waals surface area contributed by atoms with Gasteiger partial charge in [0.05, 0.1) is 5.69 Å². The van der Waals surface area contributed by atoms with E-state index >= 15 is 0 Å². The minimum Gasteiger partial charge on any atom is -0.327 e. The van der Waals surface area contributed by atoms with Crippen molar-refractivity contribution in [1.82, 2.24) is 9.78 Å². The zero-order valence-corrected chi connectivity index (χ0v) is 10.5. The van der Waals surface area contributed by atoms with Gasteiger partial charge in [-0.2, -0.15) is 5.10 Å². The second-order valence-electron chi connectivity index (χ2n) is 5.05. The van der Waals surface area contributed by atoms with Crippen LogP contribution in [0.3, 0.4) is 0 Å². The van der Waals surface area contributed by atoms with Crippen LogP contribution in [0.1, 0.15) is 38.6 Å². The van der Waals surface area contributed by atoms with Crippen LogP contribution < -0.4 is 5.73 Å². The van der Waals surface area contributed by atoms with Gasteiger partial charge in [-0.25, -0.2) is 0 Å². The monoisotopic (exact) mass is 209 g/mol. The highest BCUT2D eigenvalue weighted by Crippen LogP contribution is 2.25. The number of hydrogen-bond donors (Lipinski definition) is 1. The van der Waals surface area contributed by atoms with Crippen LogP contribution in [0.2, 0.25) is 0 Å². The Hall–Kier alpha value is -0.830. The number of hydrogen-bond acceptors (Lipinski definition) is 2. The van der Waals surface area contributed by atoms with Gasteiger partial charge in [0.15, 0.2) is 0 Å². The van der Waals surface area contributed by atoms with E-state index in [1.807, 2.05) is 18.7 Å². The molecule has 1 rings (SSSR count). The van der Waals surface area contributed by atoms with Crippen molar-refractivity contribution in [2.45, 2.75) is 46.6 Å². The molecule has 2 N–H and O–H groups in total. The molecule has 0 saturated carbocycles. The smallest absolute Gasteiger partial charge is 0.0596 e. The van der Waals surface area contributed by atoms with Crippen LogP contribution in [0.5, 0.6) is 0 Å². The summed E-state index contributed by atoms with van der Waals surface area (Å²) in [4.78, 5) is 0. The van der Waals surface area contributed by atoms with Gasteiger partial charge in [-0.1, -0.05) is 20.8 Å². The molecule has 1 unspecified atom stereocenters. The maximum atomic E-state index is 6.23. The number of rotatable bonds is 4. The lowest BCUT2D eigenvalue weighted by Gasteiger charge is -2.30. The van der Waals surface area contributed by atoms with Crippen molar-refractivity contribution >= 4 is 0 Å². The molecular weight excluding hydrogens is 186 g/mol. The van der Waals surface area contributed by atoms with Gasteiger partial charge in [-0.05, 0) is 24.8 Å². The molecule has 3 nitrogen and oxygen atoms in total. The van der Waals surface area contributed by atoms with E-state index in [4.69, 9.17) is 5.73 Å². The summed E-state index contributed by atoms with van der Waals surface area (Å²) in [5.41, 5.74) is 8.71. The van der Waals surface area contributed by atoms with Crippen LogP contribution in [0, 0.1) is 12.3 Å². The third-order valence-electron chi connectivity index (χ3n) is 3.44. The van der Waals surface area contributed by atoms with Crippen molar-refractivity contribution in [1.29, 1.82) is 0 Å². The minimum absolute atomic E-state index is 0.192. The van der Waals surface area contributed by atoms with Gasteiger partial charge in [0.25, 0.3) is 0 Å². The maximum absolute atomic E-state index is 6.23. The fourth-order valence-corrected chi connectivity index (χ4v) is 1.62. The quantitative estimate of drug-likeness (QED) is 0.824. The van der Waals surface area contributed by atoms with Crippen LogP contribution in [0.4, 0.5) is 0 Å². The highest BCUT2D eigenvalue weighted by atomic mass is 15.3. The second kappa shape index (κ2) is 4.35. The first-order chi connectivity index (χ1) is 6.86. The Kier molecular flexibility index (Phi) is 3.55. The van der Waals surface area contributed by atoms with Crippen LogP contribution in [-0.2, 0) is 13.5 Å². The molecule has 0 aliphatic heterocycles. The van der Waals surface area contributed by atoms with Gasteiger partial charge in [0, 0.05) is 25.2 Å². The second-order valence-corrected chi connectivity index (χ2v) is 5.05. The van der Waals surface area contributed by atoms with Crippen molar-refractivity contribution in [2.24, 2.45) is 18.2 Å². The average Bonchev–Trinajstić information content (AvgIpc) is 2.45. The molecule has 15 heavy (non-hydrogen) atoms. The van der Waals surface area contributed by atoms with Gasteiger partial charge >= 0.3 is 0 Å². The van der Waals surface area contributed by atoms with Gasteiger partial charge in [-0.3, -0.25) is 4.68 Å². The van der Waals surface area contributed by atoms with E-state index in [9.17, 15) is 0 Å². The number of nitrogens with two attached hydrogens (primary N) is 1. The highest BCUT2D eigenvalue weighted by molar-refractivity contribution is 5.10. The van der Waals surface area contributed by atoms with E-state index in [2.05, 4.69) is 31.9 Å². The lowest BCUT2D eigenvalue weighted by atomic mass is 9.80. The molecule has 0 aliphatic carbocycles. The van der Waals surface area contributed by atoms with E-state index in [-0.39, 0.29) is 11.5 Å². The summed E-state index contributed by atoms with van der Waals surface area (Å²) < 4.78 is 1.93. The van der Waals surface area contributed by atoms with Crippen LogP contribution >= 0.6 is 0 Å². The summed E-state index contributed by atoms with van der Waals surface area (Å²) in [6.45, 7) is 8.65. The molecule has 0 amide bonds. The molecule has 0 fully saturated rings. The van der Waals surface area contributed by atoms with Crippen molar-refractivity contribution in [3.8, 4) is 0 Å². The summed E-state index contributed by atoms with van der Waals surface area (Å²) >= 11 is 0. The maximum Gasteiger partial charge on any atom is 0.0596 e. The molecule has 1 atom stereocenters. The van der Waals surface area contributed by atoms with Crippen molar-refractivity contribution in [3.05, 3.63) is 17.5 Å². The lowest BCUT2D eigenvalue weighted by molar-refractivity contribution is 0.270. The Bertz CT molecular complexity index is 326. The third-order valence-corrected chi connectivity index (χ3v) is 3.44. The van der Waals surface area contributed by atoms with E-state index in [1.54, 1.807) is 0 Å². The van der Waals surface area contributed by atoms with Crippen molar-refractivity contribution < 1.29 is 0 Å². The molecule has 1 heterocycles. The summed E-state index contributed by atoms with van der Waals surface area (Å²) in [7, 11) is 1.98. The van der Waals surface area contributed by atoms with Crippen LogP contribution in [-0.4, -0.2) is 15.8 Å². The predicted octanol–water partition coefficient (Wildman–Crippen LogP) is 2.03. The standard InChI is InChI=1S/C12H23N3/c1-6-12(3,4)11(13)8-10-7-9(2)14-15(10)5/h7,11H,6,8,13H2,1-5H3. The van der Waals surface area contributed by atoms with E-state index in [0.29, 0.717) is 0 Å². The zero-order valence-electron chi connectivity index (χ0n) is 10.5. The molecule has 0 aliphatic rings. The molecule has 0 spiro atoms. The third kappa shape index (κ3) is 2.81. The predicted molar refractivity (Wildman–Crippen MR) is 63.7 cm³/mol. The fourth-order valence-electron chi connectivity index (χ4n) is 1.62. The minimum atomic E-state index is 0.192. The van der Waals surface area contributed by atoms with Crippen LogP contribution in [0.15, 0.2) is 6.07 Å². The number of aromatic nitrogens is 2. The molecule has 1 aromatic rings. The molecule has 86 valence electrons. The molecule has 3 heteroatoms. The molecule has 1 aromatic heterocycles. The Morgan fingerprint density at radius 2 is 2.13 bits per heavy atom. The normalized spacial score (nSPS) is 14.3. The molecular formula is C12H23N3. The lowest BCUT2D eigenvalue weighted by Crippen LogP contribution is -2.39. The Balaban J connectivity index is 2.74. The van der Waals surface area contributed by atoms with Crippen molar-refractivity contribution in [3.63, 3.8) is 0 Å². The van der Waals surface area contributed by atoms with Gasteiger partial charge in [-0.15, -0.1) is 0 Å². The highest BCUT2D eigenvalue weighted by Gasteiger charge is 2.25. The van der Waals surface area contributed by atoms with Gasteiger partial charge < -0.3 is 5.73 Å². The molecule has 0 bridgehead atoms. The Labute approximate surface area is 92.7 Å². The fraction of sp³-hybridized carbons (Fsp3) is 0.750. The average molecular weight is 209 g/mol.